The van der Waals surface area contributed by atoms with Gasteiger partial charge in [0.2, 0.25) is 0 Å². The van der Waals surface area contributed by atoms with Crippen molar-refractivity contribution in [3.05, 3.63) is 29.3 Å². The van der Waals surface area contributed by atoms with Crippen LogP contribution in [0.25, 0.3) is 0 Å². The molecule has 0 spiro atoms. The fourth-order valence-electron chi connectivity index (χ4n) is 1.94. The number of benzene rings is 1. The quantitative estimate of drug-likeness (QED) is 0.800. The predicted molar refractivity (Wildman–Crippen MR) is 73.3 cm³/mol. The number of rotatable bonds is 8. The number of aliphatic hydroxyl groups is 1. The van der Waals surface area contributed by atoms with Crippen molar-refractivity contribution in [1.82, 2.24) is 0 Å². The normalized spacial score (nSPS) is 11.7. The van der Waals surface area contributed by atoms with Crippen molar-refractivity contribution in [1.29, 1.82) is 0 Å². The van der Waals surface area contributed by atoms with E-state index in [1.165, 1.54) is 20.3 Å². The van der Waals surface area contributed by atoms with Gasteiger partial charge in [0.05, 0.1) is 25.4 Å². The van der Waals surface area contributed by atoms with Crippen LogP contribution in [0.2, 0.25) is 0 Å². The van der Waals surface area contributed by atoms with E-state index in [0.717, 1.165) is 6.07 Å². The summed E-state index contributed by atoms with van der Waals surface area (Å²) in [6.07, 6.45) is -4.50. The van der Waals surface area contributed by atoms with Gasteiger partial charge in [-0.05, 0) is 17.7 Å². The maximum atomic E-state index is 13.0. The molecule has 0 unspecified atom stereocenters. The molecule has 0 aromatic heterocycles. The molecule has 0 heterocycles. The molecule has 7 heteroatoms. The van der Waals surface area contributed by atoms with Gasteiger partial charge in [-0.3, -0.25) is 0 Å². The van der Waals surface area contributed by atoms with Gasteiger partial charge in [-0.2, -0.15) is 13.2 Å². The molecule has 1 aromatic carbocycles. The average molecular weight is 307 g/mol. The lowest BCUT2D eigenvalue weighted by atomic mass is 10.1. The molecule has 1 rings (SSSR count). The zero-order valence-corrected chi connectivity index (χ0v) is 12.1. The van der Waals surface area contributed by atoms with Crippen LogP contribution < -0.4 is 4.90 Å². The first kappa shape index (κ1) is 17.7. The van der Waals surface area contributed by atoms with Crippen LogP contribution in [0.3, 0.4) is 0 Å². The molecule has 21 heavy (non-hydrogen) atoms. The first-order chi connectivity index (χ1) is 9.93. The smallest absolute Gasteiger partial charge is 0.392 e. The monoisotopic (exact) mass is 307 g/mol. The summed E-state index contributed by atoms with van der Waals surface area (Å²) in [6.45, 7) is 1.05. The predicted octanol–water partition coefficient (Wildman–Crippen LogP) is 2.30. The van der Waals surface area contributed by atoms with Gasteiger partial charge in [0.1, 0.15) is 0 Å². The fourth-order valence-corrected chi connectivity index (χ4v) is 1.94. The van der Waals surface area contributed by atoms with Crippen LogP contribution in [0.15, 0.2) is 18.2 Å². The highest BCUT2D eigenvalue weighted by Gasteiger charge is 2.33. The molecule has 0 aliphatic carbocycles. The Hall–Kier alpha value is -1.31. The molecule has 0 aliphatic heterocycles. The standard InChI is InChI=1S/C14H20F3NO3/c1-20-7-5-18(6-8-21-2)12-4-3-11(10-19)13(9-12)14(15,16)17/h3-4,9,19H,5-8,10H2,1-2H3. The molecule has 4 nitrogen and oxygen atoms in total. The van der Waals surface area contributed by atoms with E-state index in [2.05, 4.69) is 0 Å². The second kappa shape index (κ2) is 8.21. The fraction of sp³-hybridized carbons (Fsp3) is 0.571. The van der Waals surface area contributed by atoms with Crippen molar-refractivity contribution in [2.24, 2.45) is 0 Å². The molecule has 0 amide bonds. The van der Waals surface area contributed by atoms with Gasteiger partial charge in [0.25, 0.3) is 0 Å². The number of hydrogen-bond donors (Lipinski definition) is 1. The maximum absolute atomic E-state index is 13.0. The highest BCUT2D eigenvalue weighted by molar-refractivity contribution is 5.52. The van der Waals surface area contributed by atoms with Gasteiger partial charge in [-0.1, -0.05) is 6.07 Å². The zero-order valence-electron chi connectivity index (χ0n) is 12.1. The molecular formula is C14H20F3NO3. The van der Waals surface area contributed by atoms with E-state index in [-0.39, 0.29) is 5.56 Å². The van der Waals surface area contributed by atoms with Crippen molar-refractivity contribution >= 4 is 5.69 Å². The summed E-state index contributed by atoms with van der Waals surface area (Å²) in [4.78, 5) is 1.75. The Morgan fingerprint density at radius 2 is 1.67 bits per heavy atom. The van der Waals surface area contributed by atoms with Crippen LogP contribution in [0.4, 0.5) is 18.9 Å². The minimum Gasteiger partial charge on any atom is -0.392 e. The number of anilines is 1. The van der Waals surface area contributed by atoms with Crippen LogP contribution in [0, 0.1) is 0 Å². The molecule has 1 N–H and O–H groups in total. The number of aliphatic hydroxyl groups excluding tert-OH is 1. The first-order valence-corrected chi connectivity index (χ1v) is 6.47. The molecule has 0 fully saturated rings. The number of alkyl halides is 3. The third-order valence-corrected chi connectivity index (χ3v) is 3.07. The Morgan fingerprint density at radius 1 is 1.10 bits per heavy atom. The summed E-state index contributed by atoms with van der Waals surface area (Å²) >= 11 is 0. The molecule has 1 aromatic rings. The van der Waals surface area contributed by atoms with Crippen molar-refractivity contribution in [2.45, 2.75) is 12.8 Å². The summed E-state index contributed by atoms with van der Waals surface area (Å²) < 4.78 is 49.0. The topological polar surface area (TPSA) is 41.9 Å². The minimum atomic E-state index is -4.50. The lowest BCUT2D eigenvalue weighted by Gasteiger charge is -2.25. The minimum absolute atomic E-state index is 0.135. The molecule has 0 atom stereocenters. The average Bonchev–Trinajstić information content (AvgIpc) is 2.46. The van der Waals surface area contributed by atoms with E-state index in [1.54, 1.807) is 11.0 Å². The third-order valence-electron chi connectivity index (χ3n) is 3.07. The van der Waals surface area contributed by atoms with E-state index >= 15 is 0 Å². The molecule has 120 valence electrons. The highest BCUT2D eigenvalue weighted by Crippen LogP contribution is 2.34. The van der Waals surface area contributed by atoms with Gasteiger partial charge in [-0.25, -0.2) is 0 Å². The maximum Gasteiger partial charge on any atom is 0.416 e. The number of halogens is 3. The van der Waals surface area contributed by atoms with E-state index in [9.17, 15) is 13.2 Å². The highest BCUT2D eigenvalue weighted by atomic mass is 19.4. The van der Waals surface area contributed by atoms with Crippen LogP contribution in [0.5, 0.6) is 0 Å². The Morgan fingerprint density at radius 3 is 2.10 bits per heavy atom. The lowest BCUT2D eigenvalue weighted by molar-refractivity contribution is -0.138. The van der Waals surface area contributed by atoms with Crippen LogP contribution >= 0.6 is 0 Å². The molecule has 0 saturated carbocycles. The van der Waals surface area contributed by atoms with Crippen molar-refractivity contribution in [3.63, 3.8) is 0 Å². The third kappa shape index (κ3) is 5.18. The molecule has 0 radical (unpaired) electrons. The largest absolute Gasteiger partial charge is 0.416 e. The van der Waals surface area contributed by atoms with Crippen molar-refractivity contribution in [2.75, 3.05) is 45.4 Å². The first-order valence-electron chi connectivity index (χ1n) is 6.47. The van der Waals surface area contributed by atoms with E-state index in [0.29, 0.717) is 32.0 Å². The summed E-state index contributed by atoms with van der Waals surface area (Å²) in [5.41, 5.74) is -0.527. The van der Waals surface area contributed by atoms with Gasteiger partial charge in [-0.15, -0.1) is 0 Å². The summed E-state index contributed by atoms with van der Waals surface area (Å²) in [5.74, 6) is 0. The van der Waals surface area contributed by atoms with E-state index < -0.39 is 18.3 Å². The molecular weight excluding hydrogens is 287 g/mol. The van der Waals surface area contributed by atoms with Gasteiger partial charge in [0.15, 0.2) is 0 Å². The molecule has 0 aliphatic rings. The van der Waals surface area contributed by atoms with Crippen molar-refractivity contribution < 1.29 is 27.8 Å². The van der Waals surface area contributed by atoms with Gasteiger partial charge < -0.3 is 19.5 Å². The van der Waals surface area contributed by atoms with Crippen molar-refractivity contribution in [3.8, 4) is 0 Å². The van der Waals surface area contributed by atoms with Gasteiger partial charge in [0, 0.05) is 33.0 Å². The number of nitrogens with zero attached hydrogens (tertiary/aromatic N) is 1. The lowest BCUT2D eigenvalue weighted by Crippen LogP contribution is -2.31. The Labute approximate surface area is 122 Å². The molecule has 0 bridgehead atoms. The molecule has 0 saturated heterocycles. The number of ether oxygens (including phenoxy) is 2. The zero-order chi connectivity index (χ0) is 15.9. The van der Waals surface area contributed by atoms with Crippen LogP contribution in [-0.2, 0) is 22.3 Å². The summed E-state index contributed by atoms with van der Waals surface area (Å²) in [5, 5.41) is 9.04. The van der Waals surface area contributed by atoms with Crippen LogP contribution in [0.1, 0.15) is 11.1 Å². The Bertz CT molecular complexity index is 430. The number of hydrogen-bond acceptors (Lipinski definition) is 4. The number of methoxy groups -OCH3 is 2. The summed E-state index contributed by atoms with van der Waals surface area (Å²) in [6, 6.07) is 3.91. The second-order valence-electron chi connectivity index (χ2n) is 4.47. The van der Waals surface area contributed by atoms with E-state index in [4.69, 9.17) is 14.6 Å². The second-order valence-corrected chi connectivity index (χ2v) is 4.47. The Kier molecular flexibility index (Phi) is 6.94. The SMILES string of the molecule is COCCN(CCOC)c1ccc(CO)c(C(F)(F)F)c1. The Balaban J connectivity index is 3.07. The summed E-state index contributed by atoms with van der Waals surface area (Å²) in [7, 11) is 3.06. The van der Waals surface area contributed by atoms with E-state index in [1.807, 2.05) is 0 Å². The van der Waals surface area contributed by atoms with Gasteiger partial charge >= 0.3 is 6.18 Å². The van der Waals surface area contributed by atoms with Crippen LogP contribution in [-0.4, -0.2) is 45.6 Å².